The van der Waals surface area contributed by atoms with E-state index >= 15 is 0 Å². The molecule has 1 aliphatic rings. The van der Waals surface area contributed by atoms with Gasteiger partial charge in [-0.25, -0.2) is 19.1 Å². The Bertz CT molecular complexity index is 1910. The Morgan fingerprint density at radius 1 is 1.15 bits per heavy atom. The number of halogens is 1. The average molecular weight is 635 g/mol. The van der Waals surface area contributed by atoms with Crippen molar-refractivity contribution in [2.75, 3.05) is 26.1 Å². The van der Waals surface area contributed by atoms with Gasteiger partial charge in [-0.3, -0.25) is 24.2 Å². The Kier molecular flexibility index (Phi) is 8.26. The number of nitrogens with one attached hydrogen (secondary N) is 2. The molecule has 0 bridgehead atoms. The summed E-state index contributed by atoms with van der Waals surface area (Å²) in [7, 11) is 1.32. The summed E-state index contributed by atoms with van der Waals surface area (Å²) < 4.78 is 30.7. The molecule has 14 nitrogen and oxygen atoms in total. The number of hydrogen-bond acceptors (Lipinski definition) is 10. The molecule has 0 radical (unpaired) electrons. The third-order valence-electron chi connectivity index (χ3n) is 7.30. The van der Waals surface area contributed by atoms with Gasteiger partial charge in [-0.15, -0.1) is 0 Å². The zero-order valence-electron chi connectivity index (χ0n) is 25.4. The third-order valence-corrected chi connectivity index (χ3v) is 7.30. The van der Waals surface area contributed by atoms with Crippen molar-refractivity contribution in [2.24, 2.45) is 5.41 Å². The number of carbonyl (C=O) groups is 4. The van der Waals surface area contributed by atoms with E-state index < -0.39 is 53.5 Å². The van der Waals surface area contributed by atoms with Crippen molar-refractivity contribution in [2.45, 2.75) is 32.9 Å². The van der Waals surface area contributed by atoms with Crippen molar-refractivity contribution < 1.29 is 37.5 Å². The first-order valence-corrected chi connectivity index (χ1v) is 14.0. The molecule has 0 aliphatic carbocycles. The number of esters is 1. The summed E-state index contributed by atoms with van der Waals surface area (Å²) in [5.74, 6) is -2.25. The maximum Gasteiger partial charge on any atom is 0.328 e. The SMILES string of the molecule is COc1ccc(CN(C=O)C[C@@]2(c3cc4cc(-c5cc(=O)[nH]c(N)n5)ccc4o3)NC(=O)N(COC(=O)C(C)(C)C)C2=O)cc1F. The van der Waals surface area contributed by atoms with Crippen LogP contribution in [0.25, 0.3) is 22.2 Å². The lowest BCUT2D eigenvalue weighted by Gasteiger charge is -2.30. The Labute approximate surface area is 261 Å². The lowest BCUT2D eigenvalue weighted by molar-refractivity contribution is -0.158. The van der Waals surface area contributed by atoms with Crippen LogP contribution in [0, 0.1) is 11.2 Å². The molecule has 3 heterocycles. The normalized spacial score (nSPS) is 16.4. The lowest BCUT2D eigenvalue weighted by atomic mass is 9.94. The van der Waals surface area contributed by atoms with Gasteiger partial charge in [0.15, 0.2) is 23.8 Å². The topological polar surface area (TPSA) is 190 Å². The Balaban J connectivity index is 1.54. The van der Waals surface area contributed by atoms with Crippen LogP contribution in [0.4, 0.5) is 15.1 Å². The number of aromatic amines is 1. The number of nitrogens with two attached hydrogens (primary N) is 1. The zero-order valence-corrected chi connectivity index (χ0v) is 25.4. The summed E-state index contributed by atoms with van der Waals surface area (Å²) in [5.41, 5.74) is 3.87. The number of benzene rings is 2. The number of anilines is 1. The van der Waals surface area contributed by atoms with E-state index in [4.69, 9.17) is 19.6 Å². The first-order valence-electron chi connectivity index (χ1n) is 14.0. The van der Waals surface area contributed by atoms with E-state index in [-0.39, 0.29) is 29.7 Å². The van der Waals surface area contributed by atoms with Gasteiger partial charge in [0.25, 0.3) is 11.5 Å². The molecular formula is C31H31FN6O8. The van der Waals surface area contributed by atoms with Crippen LogP contribution in [0.1, 0.15) is 32.1 Å². The van der Waals surface area contributed by atoms with Crippen LogP contribution < -0.4 is 21.3 Å². The van der Waals surface area contributed by atoms with Crippen molar-refractivity contribution in [1.29, 1.82) is 0 Å². The van der Waals surface area contributed by atoms with Crippen LogP contribution >= 0.6 is 0 Å². The molecule has 1 fully saturated rings. The monoisotopic (exact) mass is 634 g/mol. The van der Waals surface area contributed by atoms with Crippen LogP contribution in [0.5, 0.6) is 5.75 Å². The van der Waals surface area contributed by atoms with Gasteiger partial charge in [0.1, 0.15) is 11.3 Å². The number of H-pyrrole nitrogens is 1. The van der Waals surface area contributed by atoms with Crippen LogP contribution in [0.2, 0.25) is 0 Å². The van der Waals surface area contributed by atoms with Gasteiger partial charge in [-0.05, 0) is 62.7 Å². The van der Waals surface area contributed by atoms with Crippen molar-refractivity contribution in [1.82, 2.24) is 25.1 Å². The minimum Gasteiger partial charge on any atom is -0.494 e. The fourth-order valence-electron chi connectivity index (χ4n) is 4.95. The average Bonchev–Trinajstić information content (AvgIpc) is 3.53. The first-order chi connectivity index (χ1) is 21.7. The molecule has 5 rings (SSSR count). The van der Waals surface area contributed by atoms with Gasteiger partial charge in [0, 0.05) is 23.6 Å². The van der Waals surface area contributed by atoms with E-state index in [0.717, 1.165) is 0 Å². The zero-order chi connectivity index (χ0) is 33.4. The summed E-state index contributed by atoms with van der Waals surface area (Å²) in [6.07, 6.45) is 0.454. The molecule has 15 heteroatoms. The van der Waals surface area contributed by atoms with Crippen LogP contribution in [0.15, 0.2) is 57.7 Å². The second-order valence-electron chi connectivity index (χ2n) is 11.7. The fraction of sp³-hybridized carbons (Fsp3) is 0.290. The van der Waals surface area contributed by atoms with Crippen LogP contribution in [-0.2, 0) is 31.2 Å². The number of imide groups is 1. The maximum atomic E-state index is 14.4. The number of ether oxygens (including phenoxy) is 2. The van der Waals surface area contributed by atoms with E-state index in [1.165, 1.54) is 36.3 Å². The van der Waals surface area contributed by atoms with Crippen molar-refractivity contribution in [3.05, 3.63) is 76.0 Å². The highest BCUT2D eigenvalue weighted by Gasteiger charge is 2.56. The van der Waals surface area contributed by atoms with Gasteiger partial charge in [0.2, 0.25) is 12.4 Å². The van der Waals surface area contributed by atoms with Crippen molar-refractivity contribution in [3.63, 3.8) is 0 Å². The highest BCUT2D eigenvalue weighted by Crippen LogP contribution is 2.36. The van der Waals surface area contributed by atoms with E-state index in [2.05, 4.69) is 15.3 Å². The molecule has 46 heavy (non-hydrogen) atoms. The van der Waals surface area contributed by atoms with E-state index in [9.17, 15) is 28.4 Å². The predicted molar refractivity (Wildman–Crippen MR) is 161 cm³/mol. The highest BCUT2D eigenvalue weighted by atomic mass is 19.1. The highest BCUT2D eigenvalue weighted by molar-refractivity contribution is 6.08. The standard InChI is InChI=1S/C31H31FN6O8/c1-30(2,3)27(42)45-16-38-26(41)31(36-29(38)43,14-37(15-39)13-17-5-7-23(44-4)20(32)9-17)24-11-19-10-18(6-8-22(19)46-24)21-12-25(40)35-28(33)34-21/h5-12,15H,13-14,16H2,1-4H3,(H,36,43)(H3,33,34,35,40)/t31-/m0/s1. The quantitative estimate of drug-likeness (QED) is 0.133. The Morgan fingerprint density at radius 3 is 2.57 bits per heavy atom. The van der Waals surface area contributed by atoms with Gasteiger partial charge >= 0.3 is 12.0 Å². The number of methoxy groups -OCH3 is 1. The molecule has 0 saturated carbocycles. The van der Waals surface area contributed by atoms with Gasteiger partial charge < -0.3 is 29.8 Å². The largest absolute Gasteiger partial charge is 0.494 e. The number of carbonyl (C=O) groups excluding carboxylic acids is 4. The van der Waals surface area contributed by atoms with E-state index in [0.29, 0.717) is 33.4 Å². The second kappa shape index (κ2) is 12.0. The number of amides is 4. The van der Waals surface area contributed by atoms with Gasteiger partial charge in [0.05, 0.1) is 24.8 Å². The molecule has 0 unspecified atom stereocenters. The molecule has 1 atom stereocenters. The maximum absolute atomic E-state index is 14.4. The molecule has 2 aromatic carbocycles. The molecule has 4 N–H and O–H groups in total. The Hall–Kier alpha value is -5.73. The number of urea groups is 1. The summed E-state index contributed by atoms with van der Waals surface area (Å²) in [4.78, 5) is 72.5. The molecule has 1 aliphatic heterocycles. The molecule has 1 saturated heterocycles. The molecule has 240 valence electrons. The third kappa shape index (κ3) is 6.11. The van der Waals surface area contributed by atoms with Crippen molar-refractivity contribution in [3.8, 4) is 17.0 Å². The number of hydrogen-bond donors (Lipinski definition) is 3. The van der Waals surface area contributed by atoms with Gasteiger partial charge in [-0.1, -0.05) is 6.07 Å². The van der Waals surface area contributed by atoms with Crippen molar-refractivity contribution >= 4 is 41.2 Å². The van der Waals surface area contributed by atoms with Crippen LogP contribution in [0.3, 0.4) is 0 Å². The molecule has 0 spiro atoms. The molecule has 2 aromatic heterocycles. The summed E-state index contributed by atoms with van der Waals surface area (Å²) in [6.45, 7) is 3.59. The van der Waals surface area contributed by atoms with Crippen LogP contribution in [-0.4, -0.2) is 64.5 Å². The second-order valence-corrected chi connectivity index (χ2v) is 11.7. The molecule has 4 amide bonds. The molecular weight excluding hydrogens is 603 g/mol. The number of aromatic nitrogens is 2. The summed E-state index contributed by atoms with van der Waals surface area (Å²) in [5, 5.41) is 3.11. The minimum absolute atomic E-state index is 0.0104. The minimum atomic E-state index is -1.97. The smallest absolute Gasteiger partial charge is 0.328 e. The number of furan rings is 1. The van der Waals surface area contributed by atoms with E-state index in [1.807, 2.05) is 0 Å². The molecule has 4 aromatic rings. The lowest BCUT2D eigenvalue weighted by Crippen LogP contribution is -2.52. The summed E-state index contributed by atoms with van der Waals surface area (Å²) in [6, 6.07) is 10.9. The summed E-state index contributed by atoms with van der Waals surface area (Å²) >= 11 is 0. The van der Waals surface area contributed by atoms with Gasteiger partial charge in [-0.2, -0.15) is 0 Å². The first kappa shape index (κ1) is 31.7. The predicted octanol–water partition coefficient (Wildman–Crippen LogP) is 2.87. The van der Waals surface area contributed by atoms with E-state index in [1.54, 1.807) is 45.0 Å². The number of nitrogens with zero attached hydrogens (tertiary/aromatic N) is 3. The Morgan fingerprint density at radius 2 is 1.91 bits per heavy atom. The fourth-order valence-corrected chi connectivity index (χ4v) is 4.95. The number of rotatable bonds is 10. The number of fused-ring (bicyclic) bond motifs is 1. The number of nitrogen functional groups attached to an aromatic ring is 1.